The summed E-state index contributed by atoms with van der Waals surface area (Å²) in [5.41, 5.74) is 4.76. The van der Waals surface area contributed by atoms with Crippen LogP contribution in [-0.2, 0) is 11.8 Å². The average Bonchev–Trinajstić information content (AvgIpc) is 3.13. The van der Waals surface area contributed by atoms with Gasteiger partial charge in [0.2, 0.25) is 0 Å². The maximum absolute atomic E-state index is 13.5. The van der Waals surface area contributed by atoms with Crippen LogP contribution >= 0.6 is 0 Å². The Kier molecular flexibility index (Phi) is 3.46. The molecule has 1 aromatic heterocycles. The summed E-state index contributed by atoms with van der Waals surface area (Å²) >= 11 is 0. The van der Waals surface area contributed by atoms with Crippen LogP contribution in [0.3, 0.4) is 0 Å². The molecule has 0 saturated carbocycles. The predicted octanol–water partition coefficient (Wildman–Crippen LogP) is 4.02. The van der Waals surface area contributed by atoms with Gasteiger partial charge in [0.25, 0.3) is 5.91 Å². The van der Waals surface area contributed by atoms with Crippen LogP contribution in [0, 0.1) is 5.41 Å². The number of H-pyrrole nitrogens is 1. The summed E-state index contributed by atoms with van der Waals surface area (Å²) in [7, 11) is 0. The molecule has 1 amide bonds. The van der Waals surface area contributed by atoms with Gasteiger partial charge < -0.3 is 15.0 Å². The fourth-order valence-electron chi connectivity index (χ4n) is 5.37. The van der Waals surface area contributed by atoms with Gasteiger partial charge in [-0.05, 0) is 59.7 Å². The molecule has 3 aromatic rings. The van der Waals surface area contributed by atoms with Crippen molar-refractivity contribution in [2.45, 2.75) is 45.1 Å². The molecule has 1 saturated heterocycles. The van der Waals surface area contributed by atoms with Gasteiger partial charge >= 0.3 is 0 Å². The largest absolute Gasteiger partial charge is 0.508 e. The smallest absolute Gasteiger partial charge is 0.254 e. The first-order valence-electron chi connectivity index (χ1n) is 9.88. The molecule has 1 aliphatic heterocycles. The van der Waals surface area contributed by atoms with Gasteiger partial charge in [-0.2, -0.15) is 0 Å². The van der Waals surface area contributed by atoms with Crippen LogP contribution in [0.4, 0.5) is 0 Å². The lowest BCUT2D eigenvalue weighted by molar-refractivity contribution is -0.0262. The van der Waals surface area contributed by atoms with Crippen LogP contribution in [0.2, 0.25) is 0 Å². The molecular weight excluding hydrogens is 350 g/mol. The van der Waals surface area contributed by atoms with Crippen LogP contribution in [0.25, 0.3) is 11.0 Å². The topological polar surface area (TPSA) is 69.2 Å². The third kappa shape index (κ3) is 2.19. The van der Waals surface area contributed by atoms with E-state index < -0.39 is 0 Å². The Morgan fingerprint density at radius 2 is 2.04 bits per heavy atom. The highest BCUT2D eigenvalue weighted by Gasteiger charge is 2.56. The number of aromatic amines is 1. The van der Waals surface area contributed by atoms with E-state index in [1.54, 1.807) is 12.4 Å². The van der Waals surface area contributed by atoms with E-state index in [-0.39, 0.29) is 22.8 Å². The summed E-state index contributed by atoms with van der Waals surface area (Å²) in [5.74, 6) is 0.402. The number of aromatic hydroxyl groups is 1. The Bertz CT molecular complexity index is 1100. The lowest BCUT2D eigenvalue weighted by atomic mass is 9.51. The van der Waals surface area contributed by atoms with Gasteiger partial charge in [0.05, 0.1) is 17.4 Å². The van der Waals surface area contributed by atoms with Crippen LogP contribution in [0.5, 0.6) is 5.75 Å². The van der Waals surface area contributed by atoms with Gasteiger partial charge in [0.15, 0.2) is 0 Å². The van der Waals surface area contributed by atoms with Gasteiger partial charge in [-0.1, -0.05) is 26.8 Å². The highest BCUT2D eigenvalue weighted by atomic mass is 16.3. The van der Waals surface area contributed by atoms with Crippen molar-refractivity contribution in [2.24, 2.45) is 5.41 Å². The van der Waals surface area contributed by atoms with E-state index in [0.717, 1.165) is 30.4 Å². The molecule has 0 spiro atoms. The van der Waals surface area contributed by atoms with E-state index in [0.29, 0.717) is 11.3 Å². The number of amides is 1. The highest BCUT2D eigenvalue weighted by Crippen LogP contribution is 2.56. The van der Waals surface area contributed by atoms with E-state index in [9.17, 15) is 9.90 Å². The molecule has 0 unspecified atom stereocenters. The number of benzene rings is 2. The molecule has 2 N–H and O–H groups in total. The van der Waals surface area contributed by atoms with Gasteiger partial charge in [-0.3, -0.25) is 4.79 Å². The second kappa shape index (κ2) is 5.60. The first kappa shape index (κ1) is 17.3. The Labute approximate surface area is 164 Å². The Morgan fingerprint density at radius 3 is 2.86 bits per heavy atom. The lowest BCUT2D eigenvalue weighted by Gasteiger charge is -2.60. The van der Waals surface area contributed by atoms with Crippen molar-refractivity contribution in [3.05, 3.63) is 59.4 Å². The number of aromatic nitrogens is 2. The molecule has 1 aliphatic carbocycles. The zero-order valence-electron chi connectivity index (χ0n) is 16.5. The summed E-state index contributed by atoms with van der Waals surface area (Å²) < 4.78 is 0. The number of nitrogens with zero attached hydrogens (tertiary/aromatic N) is 2. The van der Waals surface area contributed by atoms with Crippen LogP contribution in [0.1, 0.15) is 48.7 Å². The third-order valence-electron chi connectivity index (χ3n) is 7.51. The molecule has 2 bridgehead atoms. The number of piperidine rings is 1. The molecule has 1 fully saturated rings. The zero-order chi connectivity index (χ0) is 19.7. The number of fused-ring (bicyclic) bond motifs is 5. The van der Waals surface area contributed by atoms with Gasteiger partial charge in [0.1, 0.15) is 5.75 Å². The summed E-state index contributed by atoms with van der Waals surface area (Å²) in [6.45, 7) is 7.54. The van der Waals surface area contributed by atoms with Crippen molar-refractivity contribution < 1.29 is 9.90 Å². The van der Waals surface area contributed by atoms with Crippen LogP contribution in [-0.4, -0.2) is 38.5 Å². The number of phenols is 1. The van der Waals surface area contributed by atoms with E-state index in [1.807, 2.05) is 30.3 Å². The third-order valence-corrected chi connectivity index (χ3v) is 7.51. The second-order valence-corrected chi connectivity index (χ2v) is 9.00. The minimum absolute atomic E-state index is 0.0753. The number of carbonyl (C=O) groups is 1. The quantitative estimate of drug-likeness (QED) is 0.675. The molecular formula is C23H25N3O2. The number of nitrogens with one attached hydrogen (secondary N) is 1. The maximum Gasteiger partial charge on any atom is 0.254 e. The Balaban J connectivity index is 1.57. The first-order chi connectivity index (χ1) is 13.3. The van der Waals surface area contributed by atoms with Crippen molar-refractivity contribution in [3.63, 3.8) is 0 Å². The zero-order valence-corrected chi connectivity index (χ0v) is 16.5. The van der Waals surface area contributed by atoms with E-state index in [4.69, 9.17) is 0 Å². The second-order valence-electron chi connectivity index (χ2n) is 9.00. The molecule has 2 heterocycles. The molecule has 2 aromatic carbocycles. The van der Waals surface area contributed by atoms with Gasteiger partial charge in [-0.15, -0.1) is 0 Å². The average molecular weight is 375 g/mol. The summed E-state index contributed by atoms with van der Waals surface area (Å²) in [6, 6.07) is 11.5. The minimum atomic E-state index is -0.0974. The normalized spacial score (nSPS) is 25.5. The van der Waals surface area contributed by atoms with Crippen molar-refractivity contribution >= 4 is 16.9 Å². The van der Waals surface area contributed by atoms with Gasteiger partial charge in [0, 0.05) is 23.6 Å². The molecule has 2 aliphatic rings. The van der Waals surface area contributed by atoms with Crippen molar-refractivity contribution in [1.29, 1.82) is 0 Å². The van der Waals surface area contributed by atoms with E-state index in [1.165, 1.54) is 11.1 Å². The maximum atomic E-state index is 13.5. The highest BCUT2D eigenvalue weighted by molar-refractivity contribution is 5.97. The molecule has 28 heavy (non-hydrogen) atoms. The summed E-state index contributed by atoms with van der Waals surface area (Å²) in [5, 5.41) is 10.1. The number of rotatable bonds is 1. The standard InChI is InChI=1S/C23H25N3O2/c1-22(2)20-11-14-4-6-16(27)12-17(14)23(22,3)8-9-26(20)21(28)15-5-7-18-19(10-15)25-13-24-18/h4-7,10,12-13,20,27H,8-9,11H2,1-3H3,(H,24,25)/t20-,23+/m0/s1. The number of phenolic OH excluding ortho intramolecular Hbond substituents is 1. The van der Waals surface area contributed by atoms with E-state index >= 15 is 0 Å². The number of hydrogen-bond acceptors (Lipinski definition) is 3. The van der Waals surface area contributed by atoms with Crippen LogP contribution < -0.4 is 0 Å². The molecule has 0 radical (unpaired) electrons. The fourth-order valence-corrected chi connectivity index (χ4v) is 5.37. The Hall–Kier alpha value is -2.82. The summed E-state index contributed by atoms with van der Waals surface area (Å²) in [6.07, 6.45) is 3.35. The lowest BCUT2D eigenvalue weighted by Crippen LogP contribution is -2.64. The van der Waals surface area contributed by atoms with E-state index in [2.05, 4.69) is 35.6 Å². The SMILES string of the molecule is CC1(C)[C@@H]2Cc3ccc(O)cc3[C@@]1(C)CCN2C(=O)c1ccc2nc[nH]c2c1. The number of carbonyl (C=O) groups excluding carboxylic acids is 1. The van der Waals surface area contributed by atoms with Crippen molar-refractivity contribution in [1.82, 2.24) is 14.9 Å². The Morgan fingerprint density at radius 1 is 1.21 bits per heavy atom. The predicted molar refractivity (Wildman–Crippen MR) is 108 cm³/mol. The fraction of sp³-hybridized carbons (Fsp3) is 0.391. The molecule has 2 atom stereocenters. The minimum Gasteiger partial charge on any atom is -0.508 e. The van der Waals surface area contributed by atoms with Crippen molar-refractivity contribution in [2.75, 3.05) is 6.54 Å². The monoisotopic (exact) mass is 375 g/mol. The summed E-state index contributed by atoms with van der Waals surface area (Å²) in [4.78, 5) is 22.9. The molecule has 5 rings (SSSR count). The van der Waals surface area contributed by atoms with Gasteiger partial charge in [-0.25, -0.2) is 4.98 Å². The number of hydrogen-bond donors (Lipinski definition) is 2. The van der Waals surface area contributed by atoms with Crippen molar-refractivity contribution in [3.8, 4) is 5.75 Å². The number of imidazole rings is 1. The molecule has 5 heteroatoms. The first-order valence-corrected chi connectivity index (χ1v) is 9.88. The molecule has 5 nitrogen and oxygen atoms in total. The van der Waals surface area contributed by atoms with Crippen LogP contribution in [0.15, 0.2) is 42.7 Å². The number of likely N-dealkylation sites (tertiary alicyclic amines) is 1. The molecule has 144 valence electrons.